The van der Waals surface area contributed by atoms with Crippen LogP contribution < -0.4 is 30.7 Å². The molecule has 19 heteroatoms. The average Bonchev–Trinajstić information content (AvgIpc) is 3.82. The van der Waals surface area contributed by atoms with Crippen molar-refractivity contribution >= 4 is 56.9 Å². The molecule has 0 spiro atoms. The second-order valence-corrected chi connectivity index (χ2v) is 14.5. The van der Waals surface area contributed by atoms with Crippen LogP contribution in [0.5, 0.6) is 6.01 Å². The second-order valence-electron chi connectivity index (χ2n) is 11.8. The highest BCUT2D eigenvalue weighted by Gasteiger charge is 2.45. The molecule has 0 bridgehead atoms. The monoisotopic (exact) mass is 740 g/mol. The number of benzene rings is 2. The number of hydrogen-bond acceptors (Lipinski definition) is 11. The van der Waals surface area contributed by atoms with Gasteiger partial charge in [0, 0.05) is 29.2 Å². The third-order valence-electron chi connectivity index (χ3n) is 7.38. The van der Waals surface area contributed by atoms with Gasteiger partial charge in [0.1, 0.15) is 6.04 Å². The Morgan fingerprint density at radius 1 is 0.960 bits per heavy atom. The first-order valence-corrected chi connectivity index (χ1v) is 17.4. The summed E-state index contributed by atoms with van der Waals surface area (Å²) in [5, 5.41) is 10.9. The molecule has 1 fully saturated rings. The zero-order chi connectivity index (χ0) is 36.7. The largest absolute Gasteiger partial charge is 0.454 e. The van der Waals surface area contributed by atoms with E-state index in [1.807, 2.05) is 16.9 Å². The maximum absolute atomic E-state index is 12.9. The zero-order valence-corrected chi connectivity index (χ0v) is 28.8. The first-order chi connectivity index (χ1) is 23.4. The first kappa shape index (κ1) is 38.1. The number of sulfonamides is 1. The number of anilines is 3. The summed E-state index contributed by atoms with van der Waals surface area (Å²) in [6, 6.07) is 11.6. The molecule has 1 aliphatic rings. The van der Waals surface area contributed by atoms with E-state index in [0.29, 0.717) is 10.7 Å². The number of carbonyl (C=O) groups excluding carboxylic acids is 3. The van der Waals surface area contributed by atoms with Gasteiger partial charge in [-0.3, -0.25) is 19.1 Å². The molecule has 1 atom stereocenters. The lowest BCUT2D eigenvalue weighted by atomic mass is 10.1. The van der Waals surface area contributed by atoms with Crippen LogP contribution in [0.15, 0.2) is 48.5 Å². The molecule has 0 unspecified atom stereocenters. The van der Waals surface area contributed by atoms with Gasteiger partial charge in [0.15, 0.2) is 6.61 Å². The molecule has 1 heterocycles. The number of halogens is 4. The molecule has 1 saturated carbocycles. The molecular formula is C31H36ClF3N8O6S. The van der Waals surface area contributed by atoms with Crippen LogP contribution in [0.25, 0.3) is 0 Å². The van der Waals surface area contributed by atoms with Crippen LogP contribution in [0.4, 0.5) is 30.8 Å². The third-order valence-corrected chi connectivity index (χ3v) is 9.36. The minimum Gasteiger partial charge on any atom is -0.454 e. The molecule has 4 rings (SSSR count). The average molecular weight is 741 g/mol. The second kappa shape index (κ2) is 15.9. The Hall–Kier alpha value is -4.71. The molecule has 0 saturated heterocycles. The van der Waals surface area contributed by atoms with Crippen LogP contribution in [0.2, 0.25) is 5.02 Å². The first-order valence-electron chi connectivity index (χ1n) is 15.4. The predicted octanol–water partition coefficient (Wildman–Crippen LogP) is 4.18. The Balaban J connectivity index is 1.31. The van der Waals surface area contributed by atoms with Crippen LogP contribution in [0.3, 0.4) is 0 Å². The summed E-state index contributed by atoms with van der Waals surface area (Å²) in [5.41, 5.74) is 1.07. The molecule has 270 valence electrons. The molecule has 2 aromatic carbocycles. The maximum atomic E-state index is 12.9. The molecule has 3 aromatic rings. The fourth-order valence-electron chi connectivity index (χ4n) is 4.39. The van der Waals surface area contributed by atoms with E-state index in [9.17, 15) is 36.0 Å². The molecule has 0 aliphatic heterocycles. The van der Waals surface area contributed by atoms with E-state index in [1.165, 1.54) is 45.0 Å². The van der Waals surface area contributed by atoms with Gasteiger partial charge in [-0.05, 0) is 82.0 Å². The van der Waals surface area contributed by atoms with E-state index in [-0.39, 0.29) is 36.8 Å². The maximum Gasteiger partial charge on any atom is 0.422 e. The number of nitrogens with one attached hydrogen (secondary N) is 5. The standard InChI is InChI=1S/C31H36ClF3N8O6S/c1-18(2)50(47,48)43-25(45)19(3)37-24(44)5-4-16-36-26(46)20-6-12-23(13-7-20)38-27-39-28(41-29(40-27)49-17-31(33,34)35)42-30(14-15-30)21-8-10-22(32)11-9-21/h6-13,18-19H,4-5,14-17H2,1-3H3,(H,36,46)(H,37,44)(H,43,45)(H2,38,39,40,41,42)/t19-/m1/s1. The summed E-state index contributed by atoms with van der Waals surface area (Å²) < 4.78 is 69.1. The number of ether oxygens (including phenoxy) is 1. The van der Waals surface area contributed by atoms with Crippen LogP contribution in [0.1, 0.15) is 62.4 Å². The van der Waals surface area contributed by atoms with Crippen LogP contribution in [0, 0.1) is 0 Å². The molecule has 5 N–H and O–H groups in total. The normalized spacial score (nSPS) is 14.3. The van der Waals surface area contributed by atoms with Crippen molar-refractivity contribution in [1.29, 1.82) is 0 Å². The van der Waals surface area contributed by atoms with Gasteiger partial charge in [-0.1, -0.05) is 23.7 Å². The minimum absolute atomic E-state index is 0.00593. The predicted molar refractivity (Wildman–Crippen MR) is 178 cm³/mol. The van der Waals surface area contributed by atoms with Crippen LogP contribution >= 0.6 is 11.6 Å². The van der Waals surface area contributed by atoms with Crippen molar-refractivity contribution < 1.29 is 40.7 Å². The topological polar surface area (TPSA) is 193 Å². The quantitative estimate of drug-likeness (QED) is 0.132. The molecular weight excluding hydrogens is 705 g/mol. The number of carbonyl (C=O) groups is 3. The highest BCUT2D eigenvalue weighted by atomic mass is 35.5. The van der Waals surface area contributed by atoms with Gasteiger partial charge in [0.05, 0.1) is 10.8 Å². The Morgan fingerprint density at radius 3 is 2.20 bits per heavy atom. The van der Waals surface area contributed by atoms with Crippen molar-refractivity contribution in [2.24, 2.45) is 0 Å². The van der Waals surface area contributed by atoms with Gasteiger partial charge in [-0.15, -0.1) is 0 Å². The SMILES string of the molecule is CC(C)S(=O)(=O)NC(=O)[C@@H](C)NC(=O)CCCNC(=O)c1ccc(Nc2nc(NC3(c4ccc(Cl)cc4)CC3)nc(OCC(F)(F)F)n2)cc1. The van der Waals surface area contributed by atoms with E-state index >= 15 is 0 Å². The van der Waals surface area contributed by atoms with E-state index < -0.39 is 63.4 Å². The number of rotatable bonds is 16. The Bertz CT molecular complexity index is 1790. The molecule has 3 amide bonds. The van der Waals surface area contributed by atoms with Crippen molar-refractivity contribution in [1.82, 2.24) is 30.3 Å². The van der Waals surface area contributed by atoms with E-state index in [2.05, 4.69) is 36.2 Å². The number of amides is 3. The van der Waals surface area contributed by atoms with Crippen molar-refractivity contribution in [3.8, 4) is 6.01 Å². The fraction of sp³-hybridized carbons (Fsp3) is 0.419. The summed E-state index contributed by atoms with van der Waals surface area (Å²) in [5.74, 6) is -1.90. The molecule has 1 aliphatic carbocycles. The van der Waals surface area contributed by atoms with Gasteiger partial charge in [-0.25, -0.2) is 8.42 Å². The minimum atomic E-state index is -4.62. The summed E-state index contributed by atoms with van der Waals surface area (Å²) in [6.45, 7) is 2.71. The highest BCUT2D eigenvalue weighted by Crippen LogP contribution is 2.48. The summed E-state index contributed by atoms with van der Waals surface area (Å²) in [6.07, 6.45) is -2.96. The van der Waals surface area contributed by atoms with E-state index in [1.54, 1.807) is 12.1 Å². The molecule has 50 heavy (non-hydrogen) atoms. The van der Waals surface area contributed by atoms with Crippen molar-refractivity contribution in [2.75, 3.05) is 23.8 Å². The molecule has 1 aromatic heterocycles. The Morgan fingerprint density at radius 2 is 1.60 bits per heavy atom. The number of hydrogen-bond donors (Lipinski definition) is 5. The van der Waals surface area contributed by atoms with E-state index in [0.717, 1.165) is 18.4 Å². The van der Waals surface area contributed by atoms with Gasteiger partial charge in [0.2, 0.25) is 27.8 Å². The lowest BCUT2D eigenvalue weighted by Crippen LogP contribution is -2.48. The van der Waals surface area contributed by atoms with Gasteiger partial charge >= 0.3 is 12.2 Å². The van der Waals surface area contributed by atoms with Gasteiger partial charge < -0.3 is 26.0 Å². The Labute approximate surface area is 291 Å². The van der Waals surface area contributed by atoms with Crippen molar-refractivity contribution in [3.63, 3.8) is 0 Å². The number of alkyl halides is 3. The molecule has 0 radical (unpaired) electrons. The van der Waals surface area contributed by atoms with Crippen molar-refractivity contribution in [2.45, 2.75) is 69.5 Å². The smallest absolute Gasteiger partial charge is 0.422 e. The van der Waals surface area contributed by atoms with Gasteiger partial charge in [0.25, 0.3) is 11.8 Å². The number of aromatic nitrogens is 3. The van der Waals surface area contributed by atoms with Crippen molar-refractivity contribution in [3.05, 3.63) is 64.7 Å². The van der Waals surface area contributed by atoms with Crippen LogP contribution in [-0.2, 0) is 25.2 Å². The molecule has 14 nitrogen and oxygen atoms in total. The zero-order valence-electron chi connectivity index (χ0n) is 27.2. The lowest BCUT2D eigenvalue weighted by Gasteiger charge is -2.19. The highest BCUT2D eigenvalue weighted by molar-refractivity contribution is 7.90. The third kappa shape index (κ3) is 11.2. The fourth-order valence-corrected chi connectivity index (χ4v) is 5.20. The summed E-state index contributed by atoms with van der Waals surface area (Å²) in [7, 11) is -3.83. The van der Waals surface area contributed by atoms with Crippen LogP contribution in [-0.4, -0.2) is 71.7 Å². The summed E-state index contributed by atoms with van der Waals surface area (Å²) in [4.78, 5) is 49.2. The van der Waals surface area contributed by atoms with Gasteiger partial charge in [-0.2, -0.15) is 28.1 Å². The summed E-state index contributed by atoms with van der Waals surface area (Å²) >= 11 is 6.01. The number of nitrogens with zero attached hydrogens (tertiary/aromatic N) is 3. The van der Waals surface area contributed by atoms with E-state index in [4.69, 9.17) is 16.3 Å². The lowest BCUT2D eigenvalue weighted by molar-refractivity contribution is -0.154. The Kier molecular flexibility index (Phi) is 12.1.